The third kappa shape index (κ3) is 5.25. The van der Waals surface area contributed by atoms with Gasteiger partial charge in [0.05, 0.1) is 0 Å². The number of likely N-dealkylation sites (tertiary alicyclic amines) is 1. The van der Waals surface area contributed by atoms with Crippen LogP contribution in [-0.2, 0) is 10.4 Å². The minimum Gasteiger partial charge on any atom is -0.380 e. The van der Waals surface area contributed by atoms with E-state index in [1.54, 1.807) is 17.9 Å². The molecule has 0 saturated carbocycles. The Balaban J connectivity index is 1.44. The molecule has 7 heteroatoms. The Morgan fingerprint density at radius 1 is 0.850 bits per heavy atom. The van der Waals surface area contributed by atoms with Crippen LogP contribution in [0.5, 0.6) is 0 Å². The van der Waals surface area contributed by atoms with Gasteiger partial charge < -0.3 is 10.0 Å². The van der Waals surface area contributed by atoms with E-state index in [0.29, 0.717) is 25.9 Å². The standard InChI is InChI=1S/C33H31FN2O4/c1-23-12-17-29(37)36(22-23)30(31(38)24-13-15-28(34)16-14-24)32(39)35-20-18-27(19-21-35)33(40,25-8-4-2-5-9-25)26-10-6-3-7-11-26/h2-17,22,27,30,40H,18-21H2,1H3/t30-/m1/s1. The number of aromatic nitrogens is 1. The van der Waals surface area contributed by atoms with Gasteiger partial charge in [0, 0.05) is 30.9 Å². The van der Waals surface area contributed by atoms with Crippen molar-refractivity contribution in [3.8, 4) is 0 Å². The molecule has 1 saturated heterocycles. The second-order valence-corrected chi connectivity index (χ2v) is 10.3. The third-order valence-corrected chi connectivity index (χ3v) is 7.80. The summed E-state index contributed by atoms with van der Waals surface area (Å²) in [5.74, 6) is -1.76. The van der Waals surface area contributed by atoms with Gasteiger partial charge in [-0.3, -0.25) is 19.0 Å². The summed E-state index contributed by atoms with van der Waals surface area (Å²) >= 11 is 0. The highest BCUT2D eigenvalue weighted by atomic mass is 19.1. The van der Waals surface area contributed by atoms with Crippen LogP contribution in [0.15, 0.2) is 108 Å². The van der Waals surface area contributed by atoms with E-state index >= 15 is 0 Å². The van der Waals surface area contributed by atoms with Crippen molar-refractivity contribution in [2.45, 2.75) is 31.4 Å². The van der Waals surface area contributed by atoms with Crippen molar-refractivity contribution in [3.05, 3.63) is 142 Å². The molecule has 2 heterocycles. The predicted molar refractivity (Wildman–Crippen MR) is 150 cm³/mol. The van der Waals surface area contributed by atoms with Crippen LogP contribution < -0.4 is 5.56 Å². The lowest BCUT2D eigenvalue weighted by Gasteiger charge is -2.43. The number of amides is 1. The summed E-state index contributed by atoms with van der Waals surface area (Å²) in [6.45, 7) is 2.39. The lowest BCUT2D eigenvalue weighted by atomic mass is 9.72. The first-order chi connectivity index (χ1) is 19.3. The van der Waals surface area contributed by atoms with E-state index in [9.17, 15) is 23.9 Å². The Morgan fingerprint density at radius 3 is 1.95 bits per heavy atom. The summed E-state index contributed by atoms with van der Waals surface area (Å²) in [5.41, 5.74) is 0.693. The Kier molecular flexibility index (Phi) is 7.76. The second kappa shape index (κ2) is 11.4. The van der Waals surface area contributed by atoms with Crippen molar-refractivity contribution in [3.63, 3.8) is 0 Å². The molecule has 0 aliphatic carbocycles. The van der Waals surface area contributed by atoms with Gasteiger partial charge in [0.25, 0.3) is 11.5 Å². The molecule has 5 rings (SSSR count). The highest BCUT2D eigenvalue weighted by Gasteiger charge is 2.43. The Bertz CT molecular complexity index is 1500. The Morgan fingerprint density at radius 2 is 1.40 bits per heavy atom. The molecule has 1 fully saturated rings. The average molecular weight is 539 g/mol. The van der Waals surface area contributed by atoms with Crippen LogP contribution in [0.1, 0.15) is 45.9 Å². The van der Waals surface area contributed by atoms with Gasteiger partial charge in [0.15, 0.2) is 11.8 Å². The molecule has 204 valence electrons. The zero-order valence-corrected chi connectivity index (χ0v) is 22.2. The van der Waals surface area contributed by atoms with Crippen molar-refractivity contribution in [2.24, 2.45) is 5.92 Å². The molecule has 0 bridgehead atoms. The van der Waals surface area contributed by atoms with E-state index in [1.165, 1.54) is 29.0 Å². The number of aliphatic hydroxyl groups is 1. The molecule has 1 aliphatic heterocycles. The number of hydrogen-bond donors (Lipinski definition) is 1. The first kappa shape index (κ1) is 27.2. The van der Waals surface area contributed by atoms with Crippen LogP contribution >= 0.6 is 0 Å². The fourth-order valence-electron chi connectivity index (χ4n) is 5.66. The summed E-state index contributed by atoms with van der Waals surface area (Å²) in [4.78, 5) is 42.0. The lowest BCUT2D eigenvalue weighted by molar-refractivity contribution is -0.136. The maximum atomic E-state index is 13.9. The lowest BCUT2D eigenvalue weighted by Crippen LogP contribution is -2.49. The highest BCUT2D eigenvalue weighted by molar-refractivity contribution is 6.11. The van der Waals surface area contributed by atoms with Crippen LogP contribution in [0.3, 0.4) is 0 Å². The SMILES string of the molecule is Cc1ccc(=O)n([C@H](C(=O)c2ccc(F)cc2)C(=O)N2CCC(C(O)(c3ccccc3)c3ccccc3)CC2)c1. The first-order valence-corrected chi connectivity index (χ1v) is 13.4. The molecule has 40 heavy (non-hydrogen) atoms. The van der Waals surface area contributed by atoms with Gasteiger partial charge in [-0.15, -0.1) is 0 Å². The fraction of sp³-hybridized carbons (Fsp3) is 0.242. The van der Waals surface area contributed by atoms with E-state index in [2.05, 4.69) is 0 Å². The quantitative estimate of drug-likeness (QED) is 0.268. The number of aryl methyl sites for hydroxylation is 1. The molecule has 1 aromatic heterocycles. The number of hydrogen-bond acceptors (Lipinski definition) is 4. The number of pyridine rings is 1. The number of carbonyl (C=O) groups is 2. The molecular formula is C33H31FN2O4. The molecular weight excluding hydrogens is 507 g/mol. The number of benzene rings is 3. The zero-order chi connectivity index (χ0) is 28.3. The number of nitrogens with zero attached hydrogens (tertiary/aromatic N) is 2. The van der Waals surface area contributed by atoms with Gasteiger partial charge in [-0.25, -0.2) is 4.39 Å². The van der Waals surface area contributed by atoms with Gasteiger partial charge in [0.1, 0.15) is 11.4 Å². The van der Waals surface area contributed by atoms with Gasteiger partial charge in [-0.2, -0.15) is 0 Å². The third-order valence-electron chi connectivity index (χ3n) is 7.80. The van der Waals surface area contributed by atoms with Gasteiger partial charge in [0.2, 0.25) is 0 Å². The van der Waals surface area contributed by atoms with Crippen LogP contribution in [0.25, 0.3) is 0 Å². The molecule has 0 spiro atoms. The van der Waals surface area contributed by atoms with Gasteiger partial charge in [-0.1, -0.05) is 66.7 Å². The smallest absolute Gasteiger partial charge is 0.253 e. The summed E-state index contributed by atoms with van der Waals surface area (Å²) in [7, 11) is 0. The van der Waals surface area contributed by atoms with Gasteiger partial charge in [-0.05, 0) is 66.6 Å². The van der Waals surface area contributed by atoms with Crippen LogP contribution in [0.4, 0.5) is 4.39 Å². The van der Waals surface area contributed by atoms with Crippen molar-refractivity contribution in [1.82, 2.24) is 9.47 Å². The summed E-state index contributed by atoms with van der Waals surface area (Å²) in [6, 6.07) is 25.5. The van der Waals surface area contributed by atoms with Crippen molar-refractivity contribution in [1.29, 1.82) is 0 Å². The number of halogens is 1. The molecule has 0 unspecified atom stereocenters. The summed E-state index contributed by atoms with van der Waals surface area (Å²) in [5, 5.41) is 12.2. The van der Waals surface area contributed by atoms with Gasteiger partial charge >= 0.3 is 0 Å². The van der Waals surface area contributed by atoms with Crippen LogP contribution in [0.2, 0.25) is 0 Å². The van der Waals surface area contributed by atoms with E-state index in [0.717, 1.165) is 28.8 Å². The molecule has 0 radical (unpaired) electrons. The minimum absolute atomic E-state index is 0.144. The first-order valence-electron chi connectivity index (χ1n) is 13.4. The zero-order valence-electron chi connectivity index (χ0n) is 22.2. The number of Topliss-reactive ketones (excluding diaryl/α,β-unsaturated/α-hetero) is 1. The number of rotatable bonds is 7. The van der Waals surface area contributed by atoms with E-state index in [1.807, 2.05) is 60.7 Å². The molecule has 1 atom stereocenters. The van der Waals surface area contributed by atoms with E-state index < -0.39 is 34.7 Å². The summed E-state index contributed by atoms with van der Waals surface area (Å²) < 4.78 is 14.7. The predicted octanol–water partition coefficient (Wildman–Crippen LogP) is 4.89. The topological polar surface area (TPSA) is 79.6 Å². The molecule has 3 aromatic carbocycles. The van der Waals surface area contributed by atoms with Crippen molar-refractivity contribution >= 4 is 11.7 Å². The van der Waals surface area contributed by atoms with E-state index in [4.69, 9.17) is 0 Å². The Hall–Kier alpha value is -4.36. The summed E-state index contributed by atoms with van der Waals surface area (Å²) in [6.07, 6.45) is 2.49. The highest BCUT2D eigenvalue weighted by Crippen LogP contribution is 2.42. The maximum Gasteiger partial charge on any atom is 0.253 e. The van der Waals surface area contributed by atoms with E-state index in [-0.39, 0.29) is 11.5 Å². The van der Waals surface area contributed by atoms with Crippen molar-refractivity contribution in [2.75, 3.05) is 13.1 Å². The van der Waals surface area contributed by atoms with Crippen molar-refractivity contribution < 1.29 is 19.1 Å². The molecule has 1 N–H and O–H groups in total. The molecule has 1 aliphatic rings. The monoisotopic (exact) mass is 538 g/mol. The number of carbonyl (C=O) groups excluding carboxylic acids is 2. The largest absolute Gasteiger partial charge is 0.380 e. The normalized spacial score (nSPS) is 15.0. The molecule has 1 amide bonds. The maximum absolute atomic E-state index is 13.9. The van der Waals surface area contributed by atoms with Crippen LogP contribution in [-0.4, -0.2) is 39.4 Å². The molecule has 4 aromatic rings. The second-order valence-electron chi connectivity index (χ2n) is 10.3. The number of ketones is 1. The average Bonchev–Trinajstić information content (AvgIpc) is 3.00. The van der Waals surface area contributed by atoms with Crippen LogP contribution in [0, 0.1) is 18.7 Å². The minimum atomic E-state index is -1.42. The molecule has 6 nitrogen and oxygen atoms in total. The fourth-order valence-corrected chi connectivity index (χ4v) is 5.66. The number of piperidine rings is 1. The Labute approximate surface area is 232 Å².